The molecule has 0 aliphatic carbocycles. The van der Waals surface area contributed by atoms with E-state index < -0.39 is 83.5 Å². The van der Waals surface area contributed by atoms with Crippen molar-refractivity contribution >= 4 is 47.1 Å². The zero-order valence-electron chi connectivity index (χ0n) is 36.8. The minimum atomic E-state index is -1.17. The molecule has 2 rings (SSSR count). The third-order valence-corrected chi connectivity index (χ3v) is 10.0. The number of carbonyl (C=O) groups is 8. The monoisotopic (exact) mass is 849 g/mol. The Kier molecular flexibility index (Phi) is 22.4. The third kappa shape index (κ3) is 19.1. The number of Topliss-reactive ketones (excluding diaryl/α,β-unsaturated/α-hetero) is 1. The molecule has 16 heteroatoms. The highest BCUT2D eigenvalue weighted by molar-refractivity contribution is 5.97. The van der Waals surface area contributed by atoms with Crippen molar-refractivity contribution in [3.05, 3.63) is 71.8 Å². The number of nitrogens with two attached hydrogens (primary N) is 2. The standard InChI is InChI=1S/C45H68N8O8/c1-27(2)24-36(51-41(57)33(20-14-15-23-46)49-42(58)34(48-30(7)54)21-22-38(55)28(3)4)44(60)53-39(29(5)6)45(61)52-37(26-32-18-12-9-13-19-32)43(59)50-35(40(47)56)25-31-16-10-8-11-17-31/h8-13,16-19,27-29,33-37,39H,14-15,20-26,46H2,1-7H3,(H2,47,56)(H,48,54)(H,49,58)(H,50,59)(H,51,57)(H,52,61)(H,53,60)/t33-,34-,35-,36-,37-,39-/m0/s1. The lowest BCUT2D eigenvalue weighted by Gasteiger charge is -2.29. The van der Waals surface area contributed by atoms with Crippen molar-refractivity contribution in [1.82, 2.24) is 31.9 Å². The molecule has 0 aromatic heterocycles. The van der Waals surface area contributed by atoms with E-state index in [1.165, 1.54) is 6.92 Å². The molecule has 0 radical (unpaired) electrons. The minimum absolute atomic E-state index is 0.0316. The summed E-state index contributed by atoms with van der Waals surface area (Å²) in [5.74, 6) is -5.44. The lowest BCUT2D eigenvalue weighted by Crippen LogP contribution is -2.61. The second kappa shape index (κ2) is 26.5. The summed E-state index contributed by atoms with van der Waals surface area (Å²) in [4.78, 5) is 106. The lowest BCUT2D eigenvalue weighted by atomic mass is 9.98. The van der Waals surface area contributed by atoms with E-state index in [1.807, 2.05) is 26.0 Å². The van der Waals surface area contributed by atoms with Gasteiger partial charge in [0, 0.05) is 32.1 Å². The van der Waals surface area contributed by atoms with E-state index >= 15 is 0 Å². The molecular formula is C45H68N8O8. The summed E-state index contributed by atoms with van der Waals surface area (Å²) in [7, 11) is 0. The average molecular weight is 849 g/mol. The Hall–Kier alpha value is -5.64. The molecule has 0 spiro atoms. The smallest absolute Gasteiger partial charge is 0.243 e. The van der Waals surface area contributed by atoms with Gasteiger partial charge in [0.2, 0.25) is 41.4 Å². The van der Waals surface area contributed by atoms with Crippen molar-refractivity contribution in [2.24, 2.45) is 29.2 Å². The SMILES string of the molecule is CC(=O)N[C@@H](CCC(=O)C(C)C)C(=O)N[C@@H](CCCCN)C(=O)N[C@@H](CC(C)C)C(=O)N[C@H](C(=O)N[C@@H](Cc1ccccc1)C(=O)N[C@@H](Cc1ccccc1)C(N)=O)C(C)C. The van der Waals surface area contributed by atoms with E-state index in [2.05, 4.69) is 31.9 Å². The maximum atomic E-state index is 14.1. The number of hydrogen-bond acceptors (Lipinski definition) is 9. The van der Waals surface area contributed by atoms with Gasteiger partial charge in [-0.05, 0) is 61.6 Å². The Bertz CT molecular complexity index is 1750. The first kappa shape index (κ1) is 51.5. The van der Waals surface area contributed by atoms with Gasteiger partial charge in [0.15, 0.2) is 0 Å². The molecule has 0 aliphatic rings. The Morgan fingerprint density at radius 3 is 1.48 bits per heavy atom. The number of amides is 7. The number of carbonyl (C=O) groups excluding carboxylic acids is 8. The summed E-state index contributed by atoms with van der Waals surface area (Å²) < 4.78 is 0. The van der Waals surface area contributed by atoms with Crippen molar-refractivity contribution in [1.29, 1.82) is 0 Å². The molecule has 0 heterocycles. The molecule has 0 bridgehead atoms. The van der Waals surface area contributed by atoms with Gasteiger partial charge in [-0.1, -0.05) is 102 Å². The van der Waals surface area contributed by atoms with Crippen LogP contribution in [0, 0.1) is 17.8 Å². The normalized spacial score (nSPS) is 14.1. The van der Waals surface area contributed by atoms with Crippen molar-refractivity contribution in [2.75, 3.05) is 6.54 Å². The zero-order valence-corrected chi connectivity index (χ0v) is 36.8. The summed E-state index contributed by atoms with van der Waals surface area (Å²) in [5.41, 5.74) is 12.9. The number of primary amides is 1. The van der Waals surface area contributed by atoms with Crippen LogP contribution in [0.3, 0.4) is 0 Å². The largest absolute Gasteiger partial charge is 0.368 e. The number of benzene rings is 2. The van der Waals surface area contributed by atoms with Crippen molar-refractivity contribution < 1.29 is 38.4 Å². The summed E-state index contributed by atoms with van der Waals surface area (Å²) in [6.45, 7) is 12.2. The predicted octanol–water partition coefficient (Wildman–Crippen LogP) is 1.72. The van der Waals surface area contributed by atoms with Crippen LogP contribution in [-0.4, -0.2) is 89.9 Å². The highest BCUT2D eigenvalue weighted by atomic mass is 16.2. The quantitative estimate of drug-likeness (QED) is 0.0608. The van der Waals surface area contributed by atoms with E-state index in [-0.39, 0.29) is 56.1 Å². The number of unbranched alkanes of at least 4 members (excludes halogenated alkanes) is 1. The Morgan fingerprint density at radius 1 is 0.541 bits per heavy atom. The molecule has 61 heavy (non-hydrogen) atoms. The van der Waals surface area contributed by atoms with Crippen LogP contribution in [0.5, 0.6) is 0 Å². The number of hydrogen-bond donors (Lipinski definition) is 8. The van der Waals surface area contributed by atoms with Gasteiger partial charge < -0.3 is 43.4 Å². The first-order valence-electron chi connectivity index (χ1n) is 21.2. The molecular weight excluding hydrogens is 781 g/mol. The molecule has 0 aliphatic heterocycles. The van der Waals surface area contributed by atoms with Crippen molar-refractivity contribution in [3.63, 3.8) is 0 Å². The molecule has 2 aromatic carbocycles. The van der Waals surface area contributed by atoms with Gasteiger partial charge in [-0.25, -0.2) is 0 Å². The molecule has 2 aromatic rings. The highest BCUT2D eigenvalue weighted by Crippen LogP contribution is 2.13. The molecule has 10 N–H and O–H groups in total. The molecule has 0 saturated heterocycles. The summed E-state index contributed by atoms with van der Waals surface area (Å²) in [6.07, 6.45) is 1.64. The van der Waals surface area contributed by atoms with E-state index in [0.29, 0.717) is 19.4 Å². The van der Waals surface area contributed by atoms with Gasteiger partial charge in [0.1, 0.15) is 42.0 Å². The van der Waals surface area contributed by atoms with Crippen LogP contribution in [0.1, 0.15) is 98.1 Å². The molecule has 16 nitrogen and oxygen atoms in total. The highest BCUT2D eigenvalue weighted by Gasteiger charge is 2.34. The summed E-state index contributed by atoms with van der Waals surface area (Å²) in [5, 5.41) is 16.3. The second-order valence-electron chi connectivity index (χ2n) is 16.6. The van der Waals surface area contributed by atoms with Gasteiger partial charge in [-0.3, -0.25) is 38.4 Å². The van der Waals surface area contributed by atoms with Gasteiger partial charge in [0.25, 0.3) is 0 Å². The van der Waals surface area contributed by atoms with Crippen LogP contribution < -0.4 is 43.4 Å². The first-order chi connectivity index (χ1) is 28.8. The summed E-state index contributed by atoms with van der Waals surface area (Å²) >= 11 is 0. The van der Waals surface area contributed by atoms with Gasteiger partial charge >= 0.3 is 0 Å². The van der Waals surface area contributed by atoms with Crippen molar-refractivity contribution in [3.8, 4) is 0 Å². The molecule has 0 unspecified atom stereocenters. The Labute approximate surface area is 360 Å². The zero-order chi connectivity index (χ0) is 45.6. The first-order valence-corrected chi connectivity index (χ1v) is 21.2. The van der Waals surface area contributed by atoms with E-state index in [4.69, 9.17) is 11.5 Å². The van der Waals surface area contributed by atoms with Crippen LogP contribution in [0.15, 0.2) is 60.7 Å². The van der Waals surface area contributed by atoms with Gasteiger partial charge in [-0.2, -0.15) is 0 Å². The lowest BCUT2D eigenvalue weighted by molar-refractivity contribution is -0.136. The topological polar surface area (TPSA) is 261 Å². The second-order valence-corrected chi connectivity index (χ2v) is 16.6. The van der Waals surface area contributed by atoms with Gasteiger partial charge in [-0.15, -0.1) is 0 Å². The maximum Gasteiger partial charge on any atom is 0.243 e. The fourth-order valence-electron chi connectivity index (χ4n) is 6.55. The Balaban J connectivity index is 2.33. The molecule has 0 fully saturated rings. The fraction of sp³-hybridized carbons (Fsp3) is 0.556. The van der Waals surface area contributed by atoms with Crippen LogP contribution in [0.4, 0.5) is 0 Å². The van der Waals surface area contributed by atoms with Crippen LogP contribution >= 0.6 is 0 Å². The van der Waals surface area contributed by atoms with Crippen molar-refractivity contribution in [2.45, 2.75) is 136 Å². The third-order valence-electron chi connectivity index (χ3n) is 10.0. The van der Waals surface area contributed by atoms with Gasteiger partial charge in [0.05, 0.1) is 0 Å². The fourth-order valence-corrected chi connectivity index (χ4v) is 6.55. The van der Waals surface area contributed by atoms with E-state index in [1.54, 1.807) is 76.2 Å². The summed E-state index contributed by atoms with van der Waals surface area (Å²) in [6, 6.07) is 11.3. The van der Waals surface area contributed by atoms with E-state index in [0.717, 1.165) is 11.1 Å². The molecule has 7 amide bonds. The number of ketones is 1. The number of nitrogens with one attached hydrogen (secondary N) is 6. The van der Waals surface area contributed by atoms with Crippen LogP contribution in [0.25, 0.3) is 0 Å². The Morgan fingerprint density at radius 2 is 1.00 bits per heavy atom. The molecule has 0 saturated carbocycles. The van der Waals surface area contributed by atoms with Crippen LogP contribution in [0.2, 0.25) is 0 Å². The predicted molar refractivity (Wildman–Crippen MR) is 233 cm³/mol. The van der Waals surface area contributed by atoms with E-state index in [9.17, 15) is 38.4 Å². The average Bonchev–Trinajstić information content (AvgIpc) is 3.20. The number of rotatable bonds is 27. The molecule has 336 valence electrons. The van der Waals surface area contributed by atoms with Crippen LogP contribution in [-0.2, 0) is 51.2 Å². The maximum absolute atomic E-state index is 14.1. The molecule has 6 atom stereocenters. The minimum Gasteiger partial charge on any atom is -0.368 e.